The smallest absolute Gasteiger partial charge is 0.120 e. The van der Waals surface area contributed by atoms with Crippen molar-refractivity contribution in [2.24, 2.45) is 0 Å². The summed E-state index contributed by atoms with van der Waals surface area (Å²) in [5.74, 6) is 0.0681. The Kier molecular flexibility index (Phi) is 1.99. The summed E-state index contributed by atoms with van der Waals surface area (Å²) in [6.45, 7) is 0.911. The van der Waals surface area contributed by atoms with Crippen LogP contribution < -0.4 is 4.74 Å². The molecule has 0 fully saturated rings. The number of nitrogens with one attached hydrogen (secondary N) is 1. The third kappa shape index (κ3) is 2.19. The van der Waals surface area contributed by atoms with Gasteiger partial charge in [-0.2, -0.15) is 0 Å². The zero-order valence-electron chi connectivity index (χ0n) is 13.5. The van der Waals surface area contributed by atoms with Crippen LogP contribution >= 0.6 is 0 Å². The molecule has 1 heterocycles. The molecule has 0 amide bonds. The van der Waals surface area contributed by atoms with Gasteiger partial charge in [0.15, 0.2) is 0 Å². The highest BCUT2D eigenvalue weighted by Crippen LogP contribution is 2.23. The zero-order valence-corrected chi connectivity index (χ0v) is 9.50. The highest BCUT2D eigenvalue weighted by atomic mass is 16.5. The first-order valence-corrected chi connectivity index (χ1v) is 5.20. The minimum Gasteiger partial charge on any atom is -0.497 e. The Labute approximate surface area is 102 Å². The van der Waals surface area contributed by atoms with Gasteiger partial charge in [-0.25, -0.2) is 0 Å². The van der Waals surface area contributed by atoms with E-state index in [1.807, 2.05) is 20.3 Å². The second-order valence-corrected chi connectivity index (χ2v) is 4.09. The molecule has 2 aromatic rings. The summed E-state index contributed by atoms with van der Waals surface area (Å²) in [6.07, 6.45) is 2.76. The molecule has 0 bridgehead atoms. The lowest BCUT2D eigenvalue weighted by molar-refractivity contribution is 0.414. The van der Waals surface area contributed by atoms with Crippen LogP contribution in [0.5, 0.6) is 5.75 Å². The number of methoxy groups -OCH3 is 1. The number of fused-ring (bicyclic) bond motifs is 1. The maximum absolute atomic E-state index is 7.89. The predicted molar refractivity (Wildman–Crippen MR) is 67.1 cm³/mol. The second kappa shape index (κ2) is 4.58. The van der Waals surface area contributed by atoms with Crippen LogP contribution in [0.15, 0.2) is 24.4 Å². The SMILES string of the molecule is [2H]c1cc2c(CCN(C)C)c[nH]c2cc1OC([2H])([2H])[2H]. The van der Waals surface area contributed by atoms with E-state index in [0.29, 0.717) is 0 Å². The number of likely N-dealkylation sites (N-methyl/N-ethyl adjacent to an activating group) is 1. The van der Waals surface area contributed by atoms with Gasteiger partial charge in [0, 0.05) is 29.7 Å². The minimum atomic E-state index is -2.54. The van der Waals surface area contributed by atoms with Gasteiger partial charge in [-0.3, -0.25) is 0 Å². The number of aromatic nitrogens is 1. The molecule has 0 saturated carbocycles. The highest BCUT2D eigenvalue weighted by molar-refractivity contribution is 5.84. The van der Waals surface area contributed by atoms with Gasteiger partial charge in [-0.1, -0.05) is 0 Å². The van der Waals surface area contributed by atoms with Crippen LogP contribution in [-0.4, -0.2) is 37.6 Å². The molecule has 1 aromatic heterocycles. The number of nitrogens with zero attached hydrogens (tertiary/aromatic N) is 1. The highest BCUT2D eigenvalue weighted by Gasteiger charge is 2.04. The lowest BCUT2D eigenvalue weighted by Crippen LogP contribution is -2.14. The quantitative estimate of drug-likeness (QED) is 0.859. The van der Waals surface area contributed by atoms with Crippen molar-refractivity contribution in [3.8, 4) is 5.75 Å². The molecule has 0 spiro atoms. The van der Waals surface area contributed by atoms with Gasteiger partial charge in [0.25, 0.3) is 0 Å². The lowest BCUT2D eigenvalue weighted by Gasteiger charge is -2.08. The first-order valence-electron chi connectivity index (χ1n) is 7.20. The third-order valence-electron chi connectivity index (χ3n) is 2.61. The molecule has 1 N–H and O–H groups in total. The summed E-state index contributed by atoms with van der Waals surface area (Å²) in [5, 5.41) is 0.940. The Morgan fingerprint density at radius 1 is 1.56 bits per heavy atom. The summed E-state index contributed by atoms with van der Waals surface area (Å²) in [6, 6.07) is 3.31. The fourth-order valence-corrected chi connectivity index (χ4v) is 1.71. The topological polar surface area (TPSA) is 28.3 Å². The Morgan fingerprint density at radius 3 is 3.19 bits per heavy atom. The van der Waals surface area contributed by atoms with Crippen LogP contribution in [0.4, 0.5) is 0 Å². The number of aromatic amines is 1. The number of benzene rings is 1. The average Bonchev–Trinajstić information content (AvgIpc) is 2.67. The van der Waals surface area contributed by atoms with Gasteiger partial charge >= 0.3 is 0 Å². The summed E-state index contributed by atoms with van der Waals surface area (Å²) in [4.78, 5) is 5.19. The molecule has 0 saturated heterocycles. The Bertz CT molecular complexity index is 604. The van der Waals surface area contributed by atoms with Crippen molar-refractivity contribution in [2.75, 3.05) is 27.7 Å². The molecule has 0 aliphatic carbocycles. The van der Waals surface area contributed by atoms with Gasteiger partial charge in [-0.15, -0.1) is 0 Å². The third-order valence-corrected chi connectivity index (χ3v) is 2.61. The van der Waals surface area contributed by atoms with Crippen LogP contribution in [0.2, 0.25) is 0 Å². The molecular formula is C13H18N2O. The fraction of sp³-hybridized carbons (Fsp3) is 0.385. The van der Waals surface area contributed by atoms with Crippen molar-refractivity contribution in [1.29, 1.82) is 0 Å². The summed E-state index contributed by atoms with van der Waals surface area (Å²) < 4.78 is 34.0. The monoisotopic (exact) mass is 222 g/mol. The van der Waals surface area contributed by atoms with Crippen molar-refractivity contribution in [3.63, 3.8) is 0 Å². The molecule has 16 heavy (non-hydrogen) atoms. The van der Waals surface area contributed by atoms with Crippen LogP contribution in [0.1, 0.15) is 11.0 Å². The fourth-order valence-electron chi connectivity index (χ4n) is 1.71. The predicted octanol–water partition coefficient (Wildman–Crippen LogP) is 2.28. The normalized spacial score (nSPS) is 15.7. The maximum atomic E-state index is 7.89. The van der Waals surface area contributed by atoms with Crippen LogP contribution in [0.25, 0.3) is 10.9 Å². The van der Waals surface area contributed by atoms with E-state index in [2.05, 4.69) is 9.88 Å². The van der Waals surface area contributed by atoms with Gasteiger partial charge in [0.1, 0.15) is 5.75 Å². The largest absolute Gasteiger partial charge is 0.497 e. The molecule has 3 nitrogen and oxygen atoms in total. The maximum Gasteiger partial charge on any atom is 0.120 e. The van der Waals surface area contributed by atoms with Crippen molar-refractivity contribution in [2.45, 2.75) is 6.42 Å². The van der Waals surface area contributed by atoms with Crippen molar-refractivity contribution < 1.29 is 10.2 Å². The molecular weight excluding hydrogens is 200 g/mol. The number of rotatable bonds is 4. The first kappa shape index (κ1) is 6.97. The van der Waals surface area contributed by atoms with Crippen LogP contribution in [0, 0.1) is 0 Å². The number of ether oxygens (including phenoxy) is 1. The van der Waals surface area contributed by atoms with Crippen molar-refractivity contribution in [1.82, 2.24) is 9.88 Å². The van der Waals surface area contributed by atoms with E-state index in [1.165, 1.54) is 0 Å². The Hall–Kier alpha value is -1.48. The molecule has 3 heteroatoms. The number of hydrogen-bond donors (Lipinski definition) is 1. The van der Waals surface area contributed by atoms with Crippen molar-refractivity contribution >= 4 is 10.9 Å². The first-order chi connectivity index (χ1) is 9.26. The molecule has 0 radical (unpaired) electrons. The van der Waals surface area contributed by atoms with E-state index >= 15 is 0 Å². The Morgan fingerprint density at radius 2 is 2.44 bits per heavy atom. The van der Waals surface area contributed by atoms with Gasteiger partial charge < -0.3 is 14.6 Å². The molecule has 1 aromatic carbocycles. The Balaban J connectivity index is 2.32. The van der Waals surface area contributed by atoms with E-state index in [1.54, 1.807) is 12.1 Å². The van der Waals surface area contributed by atoms with Gasteiger partial charge in [0.05, 0.1) is 12.5 Å². The van der Waals surface area contributed by atoms with E-state index in [-0.39, 0.29) is 11.8 Å². The van der Waals surface area contributed by atoms with Crippen molar-refractivity contribution in [3.05, 3.63) is 29.9 Å². The molecule has 0 aliphatic rings. The van der Waals surface area contributed by atoms with Gasteiger partial charge in [-0.05, 0) is 38.2 Å². The van der Waals surface area contributed by atoms with E-state index in [9.17, 15) is 0 Å². The molecule has 0 unspecified atom stereocenters. The second-order valence-electron chi connectivity index (χ2n) is 4.09. The van der Waals surface area contributed by atoms with Gasteiger partial charge in [0.2, 0.25) is 0 Å². The standard InChI is InChI=1S/C13H18N2O/c1-15(2)7-6-10-9-14-13-8-11(16-3)4-5-12(10)13/h4-5,8-9,14H,6-7H2,1-3H3/i3D3,4D. The lowest BCUT2D eigenvalue weighted by atomic mass is 10.1. The summed E-state index contributed by atoms with van der Waals surface area (Å²) >= 11 is 0. The summed E-state index contributed by atoms with van der Waals surface area (Å²) in [5.41, 5.74) is 1.90. The average molecular weight is 222 g/mol. The minimum absolute atomic E-state index is 0.0681. The van der Waals surface area contributed by atoms with Crippen LogP contribution in [-0.2, 0) is 6.42 Å². The number of hydrogen-bond acceptors (Lipinski definition) is 2. The van der Waals surface area contributed by atoms with Crippen LogP contribution in [0.3, 0.4) is 0 Å². The van der Waals surface area contributed by atoms with E-state index in [0.717, 1.165) is 29.4 Å². The molecule has 2 rings (SSSR count). The molecule has 0 atom stereocenters. The van der Waals surface area contributed by atoms with E-state index < -0.39 is 7.04 Å². The molecule has 86 valence electrons. The van der Waals surface area contributed by atoms with E-state index in [4.69, 9.17) is 10.2 Å². The zero-order chi connectivity index (χ0) is 14.9. The number of H-pyrrole nitrogens is 1. The molecule has 0 aliphatic heterocycles. The summed E-state index contributed by atoms with van der Waals surface area (Å²) in [7, 11) is 1.48.